The van der Waals surface area contributed by atoms with E-state index >= 15 is 0 Å². The minimum Gasteiger partial charge on any atom is -0.466 e. The summed E-state index contributed by atoms with van der Waals surface area (Å²) in [5.41, 5.74) is 2.62. The van der Waals surface area contributed by atoms with E-state index in [2.05, 4.69) is 15.2 Å². The van der Waals surface area contributed by atoms with Crippen molar-refractivity contribution in [1.29, 1.82) is 0 Å². The third-order valence-corrected chi connectivity index (χ3v) is 2.46. The maximum Gasteiger partial charge on any atom is 0.306 e. The lowest BCUT2D eigenvalue weighted by Gasteiger charge is -1.99. The third kappa shape index (κ3) is 2.81. The molecule has 0 aromatic carbocycles. The number of aromatic nitrogens is 3. The summed E-state index contributed by atoms with van der Waals surface area (Å²) in [4.78, 5) is 14.4. The van der Waals surface area contributed by atoms with Crippen LogP contribution >= 0.6 is 0 Å². The zero-order valence-electron chi connectivity index (χ0n) is 9.99. The summed E-state index contributed by atoms with van der Waals surface area (Å²) < 4.78 is 4.88. The van der Waals surface area contributed by atoms with Crippen molar-refractivity contribution in [3.05, 3.63) is 23.5 Å². The number of nitrogens with one attached hydrogen (secondary N) is 1. The summed E-state index contributed by atoms with van der Waals surface area (Å²) in [6.45, 7) is 4.13. The van der Waals surface area contributed by atoms with Gasteiger partial charge in [-0.1, -0.05) is 0 Å². The number of hydrogen-bond acceptors (Lipinski definition) is 4. The Morgan fingerprint density at radius 3 is 3.00 bits per heavy atom. The minimum atomic E-state index is -0.173. The van der Waals surface area contributed by atoms with Crippen molar-refractivity contribution in [2.75, 3.05) is 6.61 Å². The molecular weight excluding hydrogens is 218 g/mol. The number of fused-ring (bicyclic) bond motifs is 1. The van der Waals surface area contributed by atoms with Crippen molar-refractivity contribution in [3.63, 3.8) is 0 Å². The predicted molar refractivity (Wildman–Crippen MR) is 63.6 cm³/mol. The van der Waals surface area contributed by atoms with Gasteiger partial charge in [0, 0.05) is 11.1 Å². The third-order valence-electron chi connectivity index (χ3n) is 2.46. The van der Waals surface area contributed by atoms with Gasteiger partial charge in [0.15, 0.2) is 5.65 Å². The smallest absolute Gasteiger partial charge is 0.306 e. The van der Waals surface area contributed by atoms with Gasteiger partial charge in [0.1, 0.15) is 0 Å². The zero-order valence-corrected chi connectivity index (χ0v) is 9.99. The molecule has 5 heteroatoms. The fourth-order valence-corrected chi connectivity index (χ4v) is 1.70. The summed E-state index contributed by atoms with van der Waals surface area (Å²) in [7, 11) is 0. The van der Waals surface area contributed by atoms with Gasteiger partial charge >= 0.3 is 5.97 Å². The lowest BCUT2D eigenvalue weighted by atomic mass is 10.2. The molecule has 0 radical (unpaired) electrons. The highest BCUT2D eigenvalue weighted by atomic mass is 16.5. The van der Waals surface area contributed by atoms with Gasteiger partial charge in [-0.05, 0) is 32.4 Å². The number of nitrogens with zero attached hydrogens (tertiary/aromatic N) is 2. The number of aryl methyl sites for hydroxylation is 2. The molecule has 0 atom stereocenters. The van der Waals surface area contributed by atoms with E-state index < -0.39 is 0 Å². The van der Waals surface area contributed by atoms with Crippen LogP contribution in [0.3, 0.4) is 0 Å². The molecule has 0 aliphatic heterocycles. The first kappa shape index (κ1) is 11.6. The molecule has 0 bridgehead atoms. The van der Waals surface area contributed by atoms with Crippen molar-refractivity contribution < 1.29 is 9.53 Å². The quantitative estimate of drug-likeness (QED) is 0.817. The van der Waals surface area contributed by atoms with Crippen LogP contribution in [-0.2, 0) is 16.0 Å². The SMILES string of the molecule is CCOC(=O)CCc1cc2cc(C)nnc2[nH]1. The molecule has 0 fully saturated rings. The largest absolute Gasteiger partial charge is 0.466 e. The van der Waals surface area contributed by atoms with Gasteiger partial charge in [0.2, 0.25) is 0 Å². The lowest BCUT2D eigenvalue weighted by molar-refractivity contribution is -0.143. The molecule has 0 aliphatic rings. The molecule has 2 rings (SSSR count). The second-order valence-corrected chi connectivity index (χ2v) is 3.89. The molecule has 0 saturated carbocycles. The Bertz CT molecular complexity index is 534. The Kier molecular flexibility index (Phi) is 3.37. The predicted octanol–water partition coefficient (Wildman–Crippen LogP) is 1.76. The summed E-state index contributed by atoms with van der Waals surface area (Å²) in [6.07, 6.45) is 1.02. The van der Waals surface area contributed by atoms with Crippen LogP contribution < -0.4 is 0 Å². The maximum atomic E-state index is 11.2. The van der Waals surface area contributed by atoms with Crippen molar-refractivity contribution in [2.45, 2.75) is 26.7 Å². The van der Waals surface area contributed by atoms with E-state index in [1.54, 1.807) is 6.92 Å². The first-order valence-corrected chi connectivity index (χ1v) is 5.66. The Labute approximate surface area is 99.2 Å². The van der Waals surface area contributed by atoms with E-state index in [0.717, 1.165) is 22.4 Å². The summed E-state index contributed by atoms with van der Waals surface area (Å²) in [6, 6.07) is 3.96. The van der Waals surface area contributed by atoms with E-state index in [1.165, 1.54) is 0 Å². The van der Waals surface area contributed by atoms with Crippen LogP contribution in [0.15, 0.2) is 12.1 Å². The average molecular weight is 233 g/mol. The van der Waals surface area contributed by atoms with Crippen molar-refractivity contribution in [2.24, 2.45) is 0 Å². The van der Waals surface area contributed by atoms with Crippen LogP contribution in [0.5, 0.6) is 0 Å². The highest BCUT2D eigenvalue weighted by Crippen LogP contribution is 2.14. The summed E-state index contributed by atoms with van der Waals surface area (Å²) >= 11 is 0. The molecule has 5 nitrogen and oxygen atoms in total. The van der Waals surface area contributed by atoms with Gasteiger partial charge in [-0.15, -0.1) is 5.10 Å². The molecule has 90 valence electrons. The van der Waals surface area contributed by atoms with Crippen molar-refractivity contribution >= 4 is 17.0 Å². The number of hydrogen-bond donors (Lipinski definition) is 1. The number of aromatic amines is 1. The highest BCUT2D eigenvalue weighted by Gasteiger charge is 2.06. The van der Waals surface area contributed by atoms with Crippen LogP contribution in [0.1, 0.15) is 24.7 Å². The number of rotatable bonds is 4. The molecule has 2 aromatic heterocycles. The van der Waals surface area contributed by atoms with Crippen LogP contribution in [0.4, 0.5) is 0 Å². The monoisotopic (exact) mass is 233 g/mol. The van der Waals surface area contributed by atoms with Crippen LogP contribution in [0, 0.1) is 6.92 Å². The number of esters is 1. The van der Waals surface area contributed by atoms with Gasteiger partial charge in [-0.3, -0.25) is 4.79 Å². The number of ether oxygens (including phenoxy) is 1. The molecular formula is C12H15N3O2. The molecule has 0 unspecified atom stereocenters. The van der Waals surface area contributed by atoms with E-state index in [1.807, 2.05) is 19.1 Å². The van der Waals surface area contributed by atoms with Gasteiger partial charge in [-0.2, -0.15) is 5.10 Å². The van der Waals surface area contributed by atoms with E-state index in [4.69, 9.17) is 4.74 Å². The van der Waals surface area contributed by atoms with Gasteiger partial charge in [-0.25, -0.2) is 0 Å². The van der Waals surface area contributed by atoms with Crippen LogP contribution in [0.2, 0.25) is 0 Å². The van der Waals surface area contributed by atoms with Gasteiger partial charge in [0.25, 0.3) is 0 Å². The molecule has 1 N–H and O–H groups in total. The van der Waals surface area contributed by atoms with E-state index in [-0.39, 0.29) is 5.97 Å². The number of H-pyrrole nitrogens is 1. The topological polar surface area (TPSA) is 67.9 Å². The van der Waals surface area contributed by atoms with Crippen molar-refractivity contribution in [3.8, 4) is 0 Å². The Balaban J connectivity index is 2.07. The number of carbonyl (C=O) groups is 1. The van der Waals surface area contributed by atoms with Crippen LogP contribution in [-0.4, -0.2) is 27.8 Å². The molecule has 0 saturated heterocycles. The van der Waals surface area contributed by atoms with Crippen LogP contribution in [0.25, 0.3) is 11.0 Å². The standard InChI is InChI=1S/C12H15N3O2/c1-3-17-11(16)5-4-10-7-9-6-8(2)14-15-12(9)13-10/h6-7H,3-5H2,1-2H3,(H,13,15). The molecule has 0 spiro atoms. The molecule has 2 heterocycles. The Hall–Kier alpha value is -1.91. The van der Waals surface area contributed by atoms with Gasteiger partial charge < -0.3 is 9.72 Å². The minimum absolute atomic E-state index is 0.173. The molecule has 0 aliphatic carbocycles. The fraction of sp³-hybridized carbons (Fsp3) is 0.417. The molecule has 17 heavy (non-hydrogen) atoms. The molecule has 2 aromatic rings. The second kappa shape index (κ2) is 4.95. The van der Waals surface area contributed by atoms with Crippen molar-refractivity contribution in [1.82, 2.24) is 15.2 Å². The van der Waals surface area contributed by atoms with E-state index in [0.29, 0.717) is 19.4 Å². The maximum absolute atomic E-state index is 11.2. The molecule has 0 amide bonds. The summed E-state index contributed by atoms with van der Waals surface area (Å²) in [5, 5.41) is 9.04. The highest BCUT2D eigenvalue weighted by molar-refractivity contribution is 5.76. The first-order valence-electron chi connectivity index (χ1n) is 5.66. The second-order valence-electron chi connectivity index (χ2n) is 3.89. The fourth-order valence-electron chi connectivity index (χ4n) is 1.70. The average Bonchev–Trinajstić information content (AvgIpc) is 2.68. The zero-order chi connectivity index (χ0) is 12.3. The Morgan fingerprint density at radius 2 is 2.24 bits per heavy atom. The first-order chi connectivity index (χ1) is 8.19. The lowest BCUT2D eigenvalue weighted by Crippen LogP contribution is -2.05. The van der Waals surface area contributed by atoms with Gasteiger partial charge in [0.05, 0.1) is 18.7 Å². The van der Waals surface area contributed by atoms with E-state index in [9.17, 15) is 4.79 Å². The normalized spacial score (nSPS) is 10.7. The number of carbonyl (C=O) groups excluding carboxylic acids is 1. The Morgan fingerprint density at radius 1 is 1.41 bits per heavy atom. The summed E-state index contributed by atoms with van der Waals surface area (Å²) in [5.74, 6) is -0.173.